The van der Waals surface area contributed by atoms with E-state index in [4.69, 9.17) is 25.8 Å². The second-order valence-electron chi connectivity index (χ2n) is 4.61. The highest BCUT2D eigenvalue weighted by molar-refractivity contribution is 9.08. The average Bonchev–Trinajstić information content (AvgIpc) is 2.46. The molecule has 0 unspecified atom stereocenters. The van der Waals surface area contributed by atoms with Crippen molar-refractivity contribution in [2.24, 2.45) is 5.92 Å². The first-order valence-electron chi connectivity index (χ1n) is 6.37. The van der Waals surface area contributed by atoms with E-state index in [0.717, 1.165) is 36.9 Å². The first-order valence-corrected chi connectivity index (χ1v) is 7.87. The molecule has 106 valence electrons. The van der Waals surface area contributed by atoms with Crippen LogP contribution in [0.3, 0.4) is 0 Å². The zero-order valence-corrected chi connectivity index (χ0v) is 13.3. The fourth-order valence-corrected chi connectivity index (χ4v) is 2.72. The standard InChI is InChI=1S/C14H18BrClO3/c1-17-13-7-11(8-15)6-12(16)14(13)19-9-10-2-4-18-5-3-10/h6-7,10H,2-5,8-9H2,1H3. The molecule has 0 bridgehead atoms. The van der Waals surface area contributed by atoms with Crippen molar-refractivity contribution in [1.29, 1.82) is 0 Å². The highest BCUT2D eigenvalue weighted by Crippen LogP contribution is 2.37. The largest absolute Gasteiger partial charge is 0.493 e. The highest BCUT2D eigenvalue weighted by Gasteiger charge is 2.17. The van der Waals surface area contributed by atoms with Crippen molar-refractivity contribution >= 4 is 27.5 Å². The number of alkyl halides is 1. The number of rotatable bonds is 5. The van der Waals surface area contributed by atoms with Crippen LogP contribution in [0.2, 0.25) is 5.02 Å². The molecule has 0 atom stereocenters. The predicted octanol–water partition coefficient (Wildman–Crippen LogP) is 4.05. The van der Waals surface area contributed by atoms with E-state index in [2.05, 4.69) is 15.9 Å². The second kappa shape index (κ2) is 7.36. The summed E-state index contributed by atoms with van der Waals surface area (Å²) in [6, 6.07) is 3.85. The predicted molar refractivity (Wildman–Crippen MR) is 79.7 cm³/mol. The molecule has 1 fully saturated rings. The van der Waals surface area contributed by atoms with Crippen molar-refractivity contribution in [2.75, 3.05) is 26.9 Å². The summed E-state index contributed by atoms with van der Waals surface area (Å²) in [6.07, 6.45) is 2.08. The Balaban J connectivity index is 2.05. The van der Waals surface area contributed by atoms with Crippen molar-refractivity contribution < 1.29 is 14.2 Å². The van der Waals surface area contributed by atoms with Gasteiger partial charge in [0.2, 0.25) is 0 Å². The van der Waals surface area contributed by atoms with Crippen LogP contribution in [0.5, 0.6) is 11.5 Å². The maximum Gasteiger partial charge on any atom is 0.179 e. The lowest BCUT2D eigenvalue weighted by Gasteiger charge is -2.23. The van der Waals surface area contributed by atoms with Crippen molar-refractivity contribution in [3.8, 4) is 11.5 Å². The number of benzene rings is 1. The van der Waals surface area contributed by atoms with Crippen LogP contribution in [0.25, 0.3) is 0 Å². The smallest absolute Gasteiger partial charge is 0.179 e. The van der Waals surface area contributed by atoms with Gasteiger partial charge in [-0.05, 0) is 36.5 Å². The minimum absolute atomic E-state index is 0.533. The number of ether oxygens (including phenoxy) is 3. The monoisotopic (exact) mass is 348 g/mol. The van der Waals surface area contributed by atoms with Gasteiger partial charge in [0, 0.05) is 18.5 Å². The van der Waals surface area contributed by atoms with Crippen LogP contribution in [0, 0.1) is 5.92 Å². The Labute approximate surface area is 127 Å². The molecule has 19 heavy (non-hydrogen) atoms. The average molecular weight is 350 g/mol. The lowest BCUT2D eigenvalue weighted by Crippen LogP contribution is -2.21. The Bertz CT molecular complexity index is 419. The Morgan fingerprint density at radius 1 is 1.37 bits per heavy atom. The second-order valence-corrected chi connectivity index (χ2v) is 5.58. The summed E-state index contributed by atoms with van der Waals surface area (Å²) in [5.74, 6) is 1.86. The molecular formula is C14H18BrClO3. The topological polar surface area (TPSA) is 27.7 Å². The normalized spacial score (nSPS) is 16.4. The SMILES string of the molecule is COc1cc(CBr)cc(Cl)c1OCC1CCOCC1. The Morgan fingerprint density at radius 2 is 2.11 bits per heavy atom. The minimum atomic E-state index is 0.533. The summed E-state index contributed by atoms with van der Waals surface area (Å²) >= 11 is 9.67. The van der Waals surface area contributed by atoms with Crippen molar-refractivity contribution in [1.82, 2.24) is 0 Å². The van der Waals surface area contributed by atoms with Crippen molar-refractivity contribution in [3.63, 3.8) is 0 Å². The van der Waals surface area contributed by atoms with Crippen LogP contribution in [-0.4, -0.2) is 26.9 Å². The molecule has 0 radical (unpaired) electrons. The highest BCUT2D eigenvalue weighted by atomic mass is 79.9. The van der Waals surface area contributed by atoms with Gasteiger partial charge in [0.15, 0.2) is 11.5 Å². The van der Waals surface area contributed by atoms with E-state index >= 15 is 0 Å². The summed E-state index contributed by atoms with van der Waals surface area (Å²) in [4.78, 5) is 0. The molecule has 1 heterocycles. The van der Waals surface area contributed by atoms with E-state index in [-0.39, 0.29) is 0 Å². The van der Waals surface area contributed by atoms with Crippen LogP contribution in [0.15, 0.2) is 12.1 Å². The molecule has 2 rings (SSSR count). The van der Waals surface area contributed by atoms with Crippen molar-refractivity contribution in [2.45, 2.75) is 18.2 Å². The molecule has 1 aliphatic rings. The fourth-order valence-electron chi connectivity index (χ4n) is 2.10. The quantitative estimate of drug-likeness (QED) is 0.751. The zero-order chi connectivity index (χ0) is 13.7. The van der Waals surface area contributed by atoms with E-state index in [1.165, 1.54) is 0 Å². The molecule has 0 N–H and O–H groups in total. The minimum Gasteiger partial charge on any atom is -0.493 e. The van der Waals surface area contributed by atoms with Gasteiger partial charge in [0.1, 0.15) is 0 Å². The van der Waals surface area contributed by atoms with E-state index in [1.54, 1.807) is 7.11 Å². The van der Waals surface area contributed by atoms with E-state index in [0.29, 0.717) is 29.0 Å². The third-order valence-electron chi connectivity index (χ3n) is 3.25. The van der Waals surface area contributed by atoms with E-state index in [1.807, 2.05) is 12.1 Å². The van der Waals surface area contributed by atoms with Crippen LogP contribution in [0.1, 0.15) is 18.4 Å². The van der Waals surface area contributed by atoms with Crippen LogP contribution in [0.4, 0.5) is 0 Å². The Morgan fingerprint density at radius 3 is 2.74 bits per heavy atom. The lowest BCUT2D eigenvalue weighted by molar-refractivity contribution is 0.0493. The third-order valence-corrected chi connectivity index (χ3v) is 4.18. The molecule has 1 aliphatic heterocycles. The molecule has 0 saturated carbocycles. The van der Waals surface area contributed by atoms with Gasteiger partial charge in [-0.1, -0.05) is 27.5 Å². The third kappa shape index (κ3) is 4.01. The summed E-state index contributed by atoms with van der Waals surface area (Å²) in [7, 11) is 1.63. The number of halogens is 2. The van der Waals surface area contributed by atoms with Gasteiger partial charge in [-0.25, -0.2) is 0 Å². The van der Waals surface area contributed by atoms with Gasteiger partial charge >= 0.3 is 0 Å². The van der Waals surface area contributed by atoms with Gasteiger partial charge in [-0.15, -0.1) is 0 Å². The summed E-state index contributed by atoms with van der Waals surface area (Å²) in [6.45, 7) is 2.30. The van der Waals surface area contributed by atoms with E-state index in [9.17, 15) is 0 Å². The molecule has 0 aliphatic carbocycles. The number of methoxy groups -OCH3 is 1. The summed E-state index contributed by atoms with van der Waals surface area (Å²) < 4.78 is 16.6. The van der Waals surface area contributed by atoms with Crippen LogP contribution in [-0.2, 0) is 10.1 Å². The molecule has 1 aromatic rings. The molecule has 5 heteroatoms. The first-order chi connectivity index (χ1) is 9.24. The van der Waals surface area contributed by atoms with Crippen LogP contribution >= 0.6 is 27.5 Å². The number of hydrogen-bond acceptors (Lipinski definition) is 3. The van der Waals surface area contributed by atoms with Crippen LogP contribution < -0.4 is 9.47 Å². The Kier molecular flexibility index (Phi) is 5.79. The van der Waals surface area contributed by atoms with Gasteiger partial charge in [-0.3, -0.25) is 0 Å². The van der Waals surface area contributed by atoms with Gasteiger partial charge in [0.25, 0.3) is 0 Å². The molecule has 0 amide bonds. The zero-order valence-electron chi connectivity index (χ0n) is 11.0. The molecule has 1 saturated heterocycles. The molecule has 3 nitrogen and oxygen atoms in total. The van der Waals surface area contributed by atoms with Gasteiger partial charge in [0.05, 0.1) is 18.7 Å². The molecule has 0 aromatic heterocycles. The fraction of sp³-hybridized carbons (Fsp3) is 0.571. The number of hydrogen-bond donors (Lipinski definition) is 0. The Hall–Kier alpha value is -0.450. The molecule has 0 spiro atoms. The van der Waals surface area contributed by atoms with E-state index < -0.39 is 0 Å². The maximum absolute atomic E-state index is 6.26. The maximum atomic E-state index is 6.26. The summed E-state index contributed by atoms with van der Waals surface area (Å²) in [5.41, 5.74) is 1.07. The molecular weight excluding hydrogens is 332 g/mol. The van der Waals surface area contributed by atoms with Gasteiger partial charge < -0.3 is 14.2 Å². The van der Waals surface area contributed by atoms with Gasteiger partial charge in [-0.2, -0.15) is 0 Å². The van der Waals surface area contributed by atoms with Crippen molar-refractivity contribution in [3.05, 3.63) is 22.7 Å². The lowest BCUT2D eigenvalue weighted by atomic mass is 10.0. The first kappa shape index (κ1) is 14.9. The summed E-state index contributed by atoms with van der Waals surface area (Å²) in [5, 5.41) is 1.34. The molecule has 1 aromatic carbocycles.